The third-order valence-electron chi connectivity index (χ3n) is 3.25. The van der Waals surface area contributed by atoms with Crippen LogP contribution in [0.25, 0.3) is 11.4 Å². The highest BCUT2D eigenvalue weighted by molar-refractivity contribution is 7.08. The number of nitrogens with zero attached hydrogens (tertiary/aromatic N) is 2. The highest BCUT2D eigenvalue weighted by Gasteiger charge is 2.17. The molecule has 0 saturated carbocycles. The Morgan fingerprint density at radius 1 is 1.29 bits per heavy atom. The van der Waals surface area contributed by atoms with E-state index in [9.17, 15) is 5.11 Å². The van der Waals surface area contributed by atoms with Crippen molar-refractivity contribution in [3.05, 3.63) is 52.0 Å². The largest absolute Gasteiger partial charge is 0.508 e. The molecule has 0 fully saturated rings. The van der Waals surface area contributed by atoms with Gasteiger partial charge in [0.15, 0.2) is 0 Å². The average Bonchev–Trinajstić information content (AvgIpc) is 3.09. The lowest BCUT2D eigenvalue weighted by Gasteiger charge is -2.06. The molecule has 0 aliphatic rings. The van der Waals surface area contributed by atoms with Crippen LogP contribution in [0.5, 0.6) is 5.75 Å². The fourth-order valence-electron chi connectivity index (χ4n) is 2.06. The zero-order valence-electron chi connectivity index (χ0n) is 11.5. The fourth-order valence-corrected chi connectivity index (χ4v) is 2.88. The number of phenols is 1. The number of rotatable bonds is 4. The van der Waals surface area contributed by atoms with E-state index in [1.165, 1.54) is 0 Å². The number of thiophene rings is 1. The summed E-state index contributed by atoms with van der Waals surface area (Å²) in [7, 11) is 0. The summed E-state index contributed by atoms with van der Waals surface area (Å²) in [6.45, 7) is 2.01. The number of aromatic hydroxyl groups is 1. The average molecular weight is 301 g/mol. The van der Waals surface area contributed by atoms with Gasteiger partial charge in [0.1, 0.15) is 5.75 Å². The minimum absolute atomic E-state index is 0.236. The van der Waals surface area contributed by atoms with Crippen molar-refractivity contribution in [3.8, 4) is 17.1 Å². The number of hydrogen-bond acceptors (Lipinski definition) is 6. The summed E-state index contributed by atoms with van der Waals surface area (Å²) in [5, 5.41) is 17.3. The van der Waals surface area contributed by atoms with Gasteiger partial charge in [-0.15, -0.1) is 0 Å². The molecule has 0 saturated heterocycles. The Balaban J connectivity index is 1.76. The van der Waals surface area contributed by atoms with Crippen LogP contribution < -0.4 is 5.73 Å². The molecule has 0 aliphatic carbocycles. The molecule has 108 valence electrons. The van der Waals surface area contributed by atoms with E-state index in [2.05, 4.69) is 10.1 Å². The molecular formula is C15H15N3O2S. The van der Waals surface area contributed by atoms with Gasteiger partial charge in [-0.3, -0.25) is 0 Å². The molecule has 0 radical (unpaired) electrons. The van der Waals surface area contributed by atoms with Crippen molar-refractivity contribution < 1.29 is 9.63 Å². The third-order valence-corrected chi connectivity index (χ3v) is 4.11. The van der Waals surface area contributed by atoms with E-state index >= 15 is 0 Å². The second-order valence-corrected chi connectivity index (χ2v) is 5.65. The van der Waals surface area contributed by atoms with Crippen molar-refractivity contribution in [3.63, 3.8) is 0 Å². The van der Waals surface area contributed by atoms with Crippen LogP contribution in [0.3, 0.4) is 0 Å². The van der Waals surface area contributed by atoms with E-state index < -0.39 is 0 Å². The minimum atomic E-state index is -0.366. The van der Waals surface area contributed by atoms with Crippen molar-refractivity contribution in [2.45, 2.75) is 19.4 Å². The molecule has 1 aromatic carbocycles. The van der Waals surface area contributed by atoms with Crippen molar-refractivity contribution in [2.75, 3.05) is 0 Å². The number of aryl methyl sites for hydroxylation is 1. The molecule has 6 heteroatoms. The summed E-state index contributed by atoms with van der Waals surface area (Å²) >= 11 is 1.61. The van der Waals surface area contributed by atoms with E-state index in [-0.39, 0.29) is 11.8 Å². The molecule has 3 rings (SSSR count). The van der Waals surface area contributed by atoms with E-state index in [1.54, 1.807) is 23.5 Å². The molecule has 0 aliphatic heterocycles. The lowest BCUT2D eigenvalue weighted by molar-refractivity contribution is 0.354. The van der Waals surface area contributed by atoms with Crippen LogP contribution in [-0.4, -0.2) is 15.2 Å². The molecule has 3 N–H and O–H groups in total. The SMILES string of the molecule is Cc1cscc1-c1noc([C@@H](N)Cc2ccc(O)cc2)n1. The molecule has 0 bridgehead atoms. The summed E-state index contributed by atoms with van der Waals surface area (Å²) in [5.41, 5.74) is 9.22. The molecule has 21 heavy (non-hydrogen) atoms. The van der Waals surface area contributed by atoms with Gasteiger partial charge in [-0.2, -0.15) is 16.3 Å². The maximum atomic E-state index is 9.27. The number of aromatic nitrogens is 2. The van der Waals surface area contributed by atoms with Crippen molar-refractivity contribution in [2.24, 2.45) is 5.73 Å². The quantitative estimate of drug-likeness (QED) is 0.773. The minimum Gasteiger partial charge on any atom is -0.508 e. The van der Waals surface area contributed by atoms with Crippen LogP contribution in [0, 0.1) is 6.92 Å². The molecule has 2 aromatic heterocycles. The topological polar surface area (TPSA) is 85.2 Å². The van der Waals surface area contributed by atoms with Crippen LogP contribution in [-0.2, 0) is 6.42 Å². The maximum Gasteiger partial charge on any atom is 0.244 e. The van der Waals surface area contributed by atoms with Gasteiger partial charge in [0.05, 0.1) is 6.04 Å². The summed E-state index contributed by atoms with van der Waals surface area (Å²) in [4.78, 5) is 4.38. The summed E-state index contributed by atoms with van der Waals surface area (Å²) in [5.74, 6) is 1.23. The van der Waals surface area contributed by atoms with Crippen LogP contribution in [0.2, 0.25) is 0 Å². The molecular weight excluding hydrogens is 286 g/mol. The van der Waals surface area contributed by atoms with Crippen LogP contribution in [0.4, 0.5) is 0 Å². The highest BCUT2D eigenvalue weighted by atomic mass is 32.1. The molecule has 0 amide bonds. The van der Waals surface area contributed by atoms with Crippen LogP contribution >= 0.6 is 11.3 Å². The van der Waals surface area contributed by atoms with Gasteiger partial charge in [0.2, 0.25) is 11.7 Å². The first kappa shape index (κ1) is 13.8. The van der Waals surface area contributed by atoms with Gasteiger partial charge in [0.25, 0.3) is 0 Å². The molecule has 2 heterocycles. The summed E-state index contributed by atoms with van der Waals surface area (Å²) < 4.78 is 5.27. The van der Waals surface area contributed by atoms with Gasteiger partial charge in [-0.05, 0) is 42.0 Å². The van der Waals surface area contributed by atoms with E-state index in [0.717, 1.165) is 16.7 Å². The zero-order chi connectivity index (χ0) is 14.8. The first-order chi connectivity index (χ1) is 10.1. The Kier molecular flexibility index (Phi) is 3.72. The standard InChI is InChI=1S/C15H15N3O2S/c1-9-7-21-8-12(9)14-17-15(20-18-14)13(16)6-10-2-4-11(19)5-3-10/h2-5,7-8,13,19H,6,16H2,1H3/t13-/m0/s1. The first-order valence-corrected chi connectivity index (χ1v) is 7.48. The van der Waals surface area contributed by atoms with Crippen molar-refractivity contribution >= 4 is 11.3 Å². The van der Waals surface area contributed by atoms with Crippen LogP contribution in [0.15, 0.2) is 39.5 Å². The lowest BCUT2D eigenvalue weighted by Crippen LogP contribution is -2.13. The molecule has 0 unspecified atom stereocenters. The van der Waals surface area contributed by atoms with Crippen LogP contribution in [0.1, 0.15) is 23.1 Å². The predicted octanol–water partition coefficient (Wildman–Crippen LogP) is 3.05. The Hall–Kier alpha value is -2.18. The number of nitrogens with two attached hydrogens (primary N) is 1. The number of hydrogen-bond donors (Lipinski definition) is 2. The Bertz CT molecular complexity index is 733. The Labute approximate surface area is 126 Å². The maximum absolute atomic E-state index is 9.27. The number of benzene rings is 1. The van der Waals surface area contributed by atoms with E-state index in [4.69, 9.17) is 10.3 Å². The van der Waals surface area contributed by atoms with Gasteiger partial charge in [-0.1, -0.05) is 17.3 Å². The monoisotopic (exact) mass is 301 g/mol. The normalized spacial score (nSPS) is 12.5. The smallest absolute Gasteiger partial charge is 0.244 e. The Morgan fingerprint density at radius 3 is 2.71 bits per heavy atom. The van der Waals surface area contributed by atoms with Crippen molar-refractivity contribution in [1.82, 2.24) is 10.1 Å². The highest BCUT2D eigenvalue weighted by Crippen LogP contribution is 2.25. The first-order valence-electron chi connectivity index (χ1n) is 6.54. The van der Waals surface area contributed by atoms with Gasteiger partial charge >= 0.3 is 0 Å². The molecule has 0 spiro atoms. The fraction of sp³-hybridized carbons (Fsp3) is 0.200. The zero-order valence-corrected chi connectivity index (χ0v) is 12.3. The van der Waals surface area contributed by atoms with Gasteiger partial charge in [-0.25, -0.2) is 0 Å². The molecule has 3 aromatic rings. The third kappa shape index (κ3) is 2.96. The van der Waals surface area contributed by atoms with Crippen molar-refractivity contribution in [1.29, 1.82) is 0 Å². The number of phenolic OH excluding ortho intramolecular Hbond substituents is 1. The van der Waals surface area contributed by atoms with E-state index in [1.807, 2.05) is 29.8 Å². The van der Waals surface area contributed by atoms with E-state index in [0.29, 0.717) is 18.1 Å². The lowest BCUT2D eigenvalue weighted by atomic mass is 10.1. The predicted molar refractivity (Wildman–Crippen MR) is 81.1 cm³/mol. The summed E-state index contributed by atoms with van der Waals surface area (Å²) in [6.07, 6.45) is 0.574. The second kappa shape index (κ2) is 5.67. The van der Waals surface area contributed by atoms with Gasteiger partial charge in [0, 0.05) is 10.9 Å². The molecule has 1 atom stereocenters. The Morgan fingerprint density at radius 2 is 2.05 bits per heavy atom. The summed E-state index contributed by atoms with van der Waals surface area (Å²) in [6, 6.07) is 6.56. The molecule has 5 nitrogen and oxygen atoms in total. The second-order valence-electron chi connectivity index (χ2n) is 4.90. The van der Waals surface area contributed by atoms with Gasteiger partial charge < -0.3 is 15.4 Å².